The topological polar surface area (TPSA) is 76.3 Å². The van der Waals surface area contributed by atoms with Gasteiger partial charge in [0.2, 0.25) is 11.8 Å². The van der Waals surface area contributed by atoms with Crippen LogP contribution in [-0.4, -0.2) is 34.8 Å². The molecule has 2 N–H and O–H groups in total. The smallest absolute Gasteiger partial charge is 0.222 e. The number of likely N-dealkylation sites (tertiary alicyclic amines) is 1. The molecule has 3 aliphatic rings. The molecule has 2 fully saturated rings. The lowest BCUT2D eigenvalue weighted by molar-refractivity contribution is -0.134. The minimum absolute atomic E-state index is 0.190. The fourth-order valence-electron chi connectivity index (χ4n) is 6.96. The first-order chi connectivity index (χ1) is 18.3. The monoisotopic (exact) mass is 663 g/mol. The average molecular weight is 666 g/mol. The van der Waals surface area contributed by atoms with Gasteiger partial charge >= 0.3 is 0 Å². The van der Waals surface area contributed by atoms with Crippen molar-refractivity contribution in [3.8, 4) is 0 Å². The van der Waals surface area contributed by atoms with E-state index in [4.69, 9.17) is 22.3 Å². The van der Waals surface area contributed by atoms with Crippen LogP contribution < -0.4 is 5.73 Å². The number of fused-ring (bicyclic) bond motifs is 2. The van der Waals surface area contributed by atoms with Gasteiger partial charge in [-0.15, -0.1) is 0 Å². The lowest BCUT2D eigenvalue weighted by atomic mass is 9.76. The highest BCUT2D eigenvalue weighted by molar-refractivity contribution is 9.10. The predicted octanol–water partition coefficient (Wildman–Crippen LogP) is 7.19. The van der Waals surface area contributed by atoms with E-state index in [1.54, 1.807) is 0 Å². The van der Waals surface area contributed by atoms with Gasteiger partial charge in [0.15, 0.2) is 0 Å². The molecule has 2 aliphatic carbocycles. The Morgan fingerprint density at radius 1 is 0.974 bits per heavy atom. The molecular formula is C30H36Br2ClN3O2. The van der Waals surface area contributed by atoms with Crippen LogP contribution in [0.4, 0.5) is 0 Å². The summed E-state index contributed by atoms with van der Waals surface area (Å²) in [5.74, 6) is 1.76. The molecule has 0 bridgehead atoms. The van der Waals surface area contributed by atoms with Crippen molar-refractivity contribution in [2.45, 2.75) is 76.5 Å². The van der Waals surface area contributed by atoms with E-state index in [2.05, 4.69) is 48.9 Å². The van der Waals surface area contributed by atoms with E-state index in [1.807, 2.05) is 12.3 Å². The highest BCUT2D eigenvalue weighted by Gasteiger charge is 2.36. The van der Waals surface area contributed by atoms with Crippen molar-refractivity contribution < 1.29 is 9.59 Å². The summed E-state index contributed by atoms with van der Waals surface area (Å²) < 4.78 is 2.08. The molecule has 0 unspecified atom stereocenters. The van der Waals surface area contributed by atoms with E-state index >= 15 is 0 Å². The maximum absolute atomic E-state index is 13.3. The number of halogens is 3. The molecule has 1 saturated carbocycles. The summed E-state index contributed by atoms with van der Waals surface area (Å²) in [4.78, 5) is 31.4. The molecule has 1 aliphatic heterocycles. The predicted molar refractivity (Wildman–Crippen MR) is 158 cm³/mol. The molecule has 0 spiro atoms. The van der Waals surface area contributed by atoms with Gasteiger partial charge in [-0.05, 0) is 114 Å². The number of pyridine rings is 1. The number of carbonyl (C=O) groups is 2. The summed E-state index contributed by atoms with van der Waals surface area (Å²) in [6, 6.07) is 6.35. The van der Waals surface area contributed by atoms with Gasteiger partial charge in [-0.2, -0.15) is 0 Å². The normalized spacial score (nSPS) is 23.9. The number of aryl methyl sites for hydroxylation is 2. The number of amides is 2. The second kappa shape index (κ2) is 12.4. The van der Waals surface area contributed by atoms with Crippen molar-refractivity contribution in [3.05, 3.63) is 60.7 Å². The minimum atomic E-state index is -0.207. The molecule has 0 radical (unpaired) electrons. The van der Waals surface area contributed by atoms with Crippen molar-refractivity contribution in [1.29, 1.82) is 0 Å². The molecule has 1 aromatic carbocycles. The Labute approximate surface area is 247 Å². The number of aromatic nitrogens is 1. The Morgan fingerprint density at radius 3 is 2.37 bits per heavy atom. The summed E-state index contributed by atoms with van der Waals surface area (Å²) >= 11 is 13.9. The maximum atomic E-state index is 13.3. The van der Waals surface area contributed by atoms with E-state index in [0.717, 1.165) is 84.8 Å². The zero-order valence-corrected chi connectivity index (χ0v) is 25.7. The summed E-state index contributed by atoms with van der Waals surface area (Å²) in [5, 5.41) is 0.761. The lowest BCUT2D eigenvalue weighted by Gasteiger charge is -2.38. The molecule has 38 heavy (non-hydrogen) atoms. The van der Waals surface area contributed by atoms with E-state index in [1.165, 1.54) is 22.4 Å². The fourth-order valence-corrected chi connectivity index (χ4v) is 8.46. The molecule has 1 aromatic heterocycles. The Hall–Kier alpha value is -1.44. The number of nitrogens with zero attached hydrogens (tertiary/aromatic N) is 2. The number of hydrogen-bond donors (Lipinski definition) is 1. The van der Waals surface area contributed by atoms with Gasteiger partial charge in [-0.25, -0.2) is 0 Å². The molecule has 5 nitrogen and oxygen atoms in total. The van der Waals surface area contributed by atoms with Gasteiger partial charge in [-0.3, -0.25) is 14.6 Å². The average Bonchev–Trinajstić information content (AvgIpc) is 3.05. The Morgan fingerprint density at radius 2 is 1.66 bits per heavy atom. The molecule has 1 atom stereocenters. The number of nitrogens with two attached hydrogens (primary N) is 1. The van der Waals surface area contributed by atoms with Crippen LogP contribution in [-0.2, 0) is 22.4 Å². The molecule has 2 heterocycles. The molecular weight excluding hydrogens is 630 g/mol. The Balaban J connectivity index is 1.24. The van der Waals surface area contributed by atoms with Crippen LogP contribution in [0.2, 0.25) is 5.02 Å². The van der Waals surface area contributed by atoms with Crippen LogP contribution in [0.5, 0.6) is 0 Å². The van der Waals surface area contributed by atoms with Gasteiger partial charge in [0.1, 0.15) is 0 Å². The number of hydrogen-bond acceptors (Lipinski definition) is 3. The fraction of sp³-hybridized carbons (Fsp3) is 0.567. The number of primary amides is 1. The van der Waals surface area contributed by atoms with Crippen molar-refractivity contribution in [2.24, 2.45) is 23.5 Å². The van der Waals surface area contributed by atoms with Crippen LogP contribution in [0, 0.1) is 17.8 Å². The highest BCUT2D eigenvalue weighted by Crippen LogP contribution is 2.46. The lowest BCUT2D eigenvalue weighted by Crippen LogP contribution is -2.41. The van der Waals surface area contributed by atoms with Crippen molar-refractivity contribution in [3.63, 3.8) is 0 Å². The molecule has 1 saturated heterocycles. The first kappa shape index (κ1) is 28.1. The van der Waals surface area contributed by atoms with Crippen molar-refractivity contribution in [2.75, 3.05) is 13.1 Å². The van der Waals surface area contributed by atoms with Gasteiger partial charge < -0.3 is 10.6 Å². The molecule has 5 rings (SSSR count). The van der Waals surface area contributed by atoms with Crippen LogP contribution in [0.15, 0.2) is 33.3 Å². The zero-order chi connectivity index (χ0) is 26.8. The summed E-state index contributed by atoms with van der Waals surface area (Å²) in [6.45, 7) is 1.61. The standard InChI is InChI=1S/C30H36Br2ClN3O2/c31-23-14-22-7-6-21-15-24(33)16-25(32)28(21)29(30(22)35-17-23)20-9-11-36(12-10-20)27(38)13-19-3-1-18(2-4-19)5-8-26(34)37/h14-20,29H,1-13H2,(H2,34,37)/t18?,19?,29-/m1/s1. The summed E-state index contributed by atoms with van der Waals surface area (Å²) in [5.41, 5.74) is 10.4. The quantitative estimate of drug-likeness (QED) is 0.355. The molecule has 2 aromatic rings. The SMILES string of the molecule is NC(=O)CCC1CCC(CC(=O)N2CCC([C@H]3c4ncc(Br)cc4CCc4cc(Cl)cc(Br)c43)CC2)CC1. The zero-order valence-electron chi connectivity index (χ0n) is 21.7. The van der Waals surface area contributed by atoms with Crippen molar-refractivity contribution >= 4 is 55.3 Å². The number of piperidine rings is 1. The molecule has 8 heteroatoms. The van der Waals surface area contributed by atoms with Gasteiger partial charge in [0.05, 0.1) is 5.69 Å². The van der Waals surface area contributed by atoms with Crippen LogP contribution in [0.25, 0.3) is 0 Å². The minimum Gasteiger partial charge on any atom is -0.370 e. The third kappa shape index (κ3) is 6.47. The number of carbonyl (C=O) groups excluding carboxylic acids is 2. The van der Waals surface area contributed by atoms with Crippen LogP contribution >= 0.6 is 43.5 Å². The Kier molecular flexibility index (Phi) is 9.16. The summed E-state index contributed by atoms with van der Waals surface area (Å²) in [7, 11) is 0. The summed E-state index contributed by atoms with van der Waals surface area (Å²) in [6.07, 6.45) is 12.2. The van der Waals surface area contributed by atoms with Gasteiger partial charge in [0.25, 0.3) is 0 Å². The third-order valence-corrected chi connectivity index (χ3v) is 10.3. The van der Waals surface area contributed by atoms with Crippen molar-refractivity contribution in [1.82, 2.24) is 9.88 Å². The first-order valence-electron chi connectivity index (χ1n) is 14.0. The molecule has 2 amide bonds. The van der Waals surface area contributed by atoms with E-state index in [-0.39, 0.29) is 11.8 Å². The largest absolute Gasteiger partial charge is 0.370 e. The van der Waals surface area contributed by atoms with E-state index in [0.29, 0.717) is 36.5 Å². The van der Waals surface area contributed by atoms with Gasteiger partial charge in [0, 0.05) is 52.0 Å². The first-order valence-corrected chi connectivity index (χ1v) is 15.9. The molecule has 204 valence electrons. The Bertz CT molecular complexity index is 1190. The highest BCUT2D eigenvalue weighted by atomic mass is 79.9. The third-order valence-electron chi connectivity index (χ3n) is 9.01. The van der Waals surface area contributed by atoms with E-state index < -0.39 is 0 Å². The van der Waals surface area contributed by atoms with E-state index in [9.17, 15) is 9.59 Å². The van der Waals surface area contributed by atoms with Gasteiger partial charge in [-0.1, -0.05) is 40.4 Å². The number of benzene rings is 1. The van der Waals surface area contributed by atoms with Crippen LogP contribution in [0.1, 0.15) is 86.1 Å². The number of rotatable bonds is 6. The maximum Gasteiger partial charge on any atom is 0.222 e. The second-order valence-electron chi connectivity index (χ2n) is 11.5. The second-order valence-corrected chi connectivity index (χ2v) is 13.7. The van der Waals surface area contributed by atoms with Crippen LogP contribution in [0.3, 0.4) is 0 Å².